The van der Waals surface area contributed by atoms with E-state index in [1.807, 2.05) is 69.3 Å². The first kappa shape index (κ1) is 26.9. The Morgan fingerprint density at radius 3 is 2.41 bits per heavy atom. The number of fused-ring (bicyclic) bond motifs is 1. The lowest BCUT2D eigenvalue weighted by atomic mass is 10.1. The molecule has 0 spiro atoms. The van der Waals surface area contributed by atoms with Crippen LogP contribution in [0.25, 0.3) is 22.6 Å². The molecule has 39 heavy (non-hydrogen) atoms. The third-order valence-corrected chi connectivity index (χ3v) is 6.96. The summed E-state index contributed by atoms with van der Waals surface area (Å²) >= 11 is 3.40. The van der Waals surface area contributed by atoms with Crippen molar-refractivity contribution in [1.82, 2.24) is 14.8 Å². The maximum Gasteiger partial charge on any atom is 0.410 e. The number of para-hydroxylation sites is 2. The fourth-order valence-corrected chi connectivity index (χ4v) is 4.74. The number of amides is 2. The average Bonchev–Trinajstić information content (AvgIpc) is 3.34. The van der Waals surface area contributed by atoms with Crippen LogP contribution >= 0.6 is 15.9 Å². The molecule has 0 unspecified atom stereocenters. The molecule has 5 rings (SSSR count). The third kappa shape index (κ3) is 6.49. The van der Waals surface area contributed by atoms with E-state index in [1.165, 1.54) is 0 Å². The summed E-state index contributed by atoms with van der Waals surface area (Å²) in [5.74, 6) is 0.233. The summed E-state index contributed by atoms with van der Waals surface area (Å²) in [5.41, 5.74) is 3.90. The number of nitrogens with one attached hydrogen (secondary N) is 1. The summed E-state index contributed by atoms with van der Waals surface area (Å²) in [4.78, 5) is 34.2. The smallest absolute Gasteiger partial charge is 0.410 e. The molecule has 1 aromatic heterocycles. The molecule has 1 saturated heterocycles. The zero-order valence-corrected chi connectivity index (χ0v) is 23.8. The summed E-state index contributed by atoms with van der Waals surface area (Å²) in [6.07, 6.45) is -0.267. The lowest BCUT2D eigenvalue weighted by molar-refractivity contribution is 0.0139. The first-order valence-corrected chi connectivity index (χ1v) is 13.7. The second-order valence-electron chi connectivity index (χ2n) is 10.5. The van der Waals surface area contributed by atoms with Gasteiger partial charge in [-0.15, -0.1) is 0 Å². The molecule has 0 bridgehead atoms. The van der Waals surface area contributed by atoms with Gasteiger partial charge in [0.05, 0.1) is 11.3 Å². The average molecular weight is 592 g/mol. The number of halogens is 1. The number of ether oxygens (including phenoxy) is 1. The van der Waals surface area contributed by atoms with Gasteiger partial charge in [0.2, 0.25) is 5.89 Å². The summed E-state index contributed by atoms with van der Waals surface area (Å²) < 4.78 is 12.6. The van der Waals surface area contributed by atoms with E-state index in [-0.39, 0.29) is 12.0 Å². The van der Waals surface area contributed by atoms with Crippen molar-refractivity contribution in [2.45, 2.75) is 32.9 Å². The largest absolute Gasteiger partial charge is 0.444 e. The van der Waals surface area contributed by atoms with Crippen LogP contribution in [-0.4, -0.2) is 58.6 Å². The van der Waals surface area contributed by atoms with Crippen molar-refractivity contribution in [2.24, 2.45) is 0 Å². The van der Waals surface area contributed by atoms with Crippen molar-refractivity contribution in [3.05, 3.63) is 82.3 Å². The summed E-state index contributed by atoms with van der Waals surface area (Å²) in [5, 5.41) is 2.99. The molecular formula is C30H31BrN4O4. The van der Waals surface area contributed by atoms with E-state index in [4.69, 9.17) is 14.1 Å². The molecule has 3 aromatic carbocycles. The topological polar surface area (TPSA) is 87.9 Å². The van der Waals surface area contributed by atoms with Crippen molar-refractivity contribution in [3.8, 4) is 11.5 Å². The monoisotopic (exact) mass is 590 g/mol. The molecule has 9 heteroatoms. The lowest BCUT2D eigenvalue weighted by Gasteiger charge is -2.35. The first-order valence-electron chi connectivity index (χ1n) is 12.9. The molecule has 1 fully saturated rings. The van der Waals surface area contributed by atoms with Gasteiger partial charge in [0.15, 0.2) is 5.58 Å². The summed E-state index contributed by atoms with van der Waals surface area (Å²) in [6.45, 7) is 9.03. The molecule has 4 aromatic rings. The Bertz CT molecular complexity index is 1490. The first-order chi connectivity index (χ1) is 18.7. The number of hydrogen-bond donors (Lipinski definition) is 1. The van der Waals surface area contributed by atoms with Crippen LogP contribution in [0.4, 0.5) is 10.5 Å². The van der Waals surface area contributed by atoms with E-state index in [0.29, 0.717) is 47.9 Å². The van der Waals surface area contributed by atoms with Crippen molar-refractivity contribution < 1.29 is 18.7 Å². The zero-order chi connectivity index (χ0) is 27.6. The second-order valence-corrected chi connectivity index (χ2v) is 11.4. The van der Waals surface area contributed by atoms with E-state index in [2.05, 4.69) is 32.2 Å². The number of oxazole rings is 1. The van der Waals surface area contributed by atoms with Crippen LogP contribution in [0.2, 0.25) is 0 Å². The Labute approximate surface area is 236 Å². The Kier molecular flexibility index (Phi) is 7.72. The van der Waals surface area contributed by atoms with Gasteiger partial charge in [0.1, 0.15) is 11.1 Å². The van der Waals surface area contributed by atoms with Crippen LogP contribution in [0.1, 0.15) is 36.7 Å². The minimum Gasteiger partial charge on any atom is -0.444 e. The Morgan fingerprint density at radius 1 is 0.974 bits per heavy atom. The zero-order valence-electron chi connectivity index (χ0n) is 22.2. The second kappa shape index (κ2) is 11.2. The van der Waals surface area contributed by atoms with Crippen LogP contribution < -0.4 is 5.32 Å². The molecule has 8 nitrogen and oxygen atoms in total. The van der Waals surface area contributed by atoms with Gasteiger partial charge in [-0.3, -0.25) is 9.69 Å². The van der Waals surface area contributed by atoms with E-state index >= 15 is 0 Å². The van der Waals surface area contributed by atoms with Crippen LogP contribution in [0.5, 0.6) is 0 Å². The number of rotatable bonds is 5. The number of benzene rings is 3. The molecule has 0 radical (unpaired) electrons. The van der Waals surface area contributed by atoms with E-state index in [1.54, 1.807) is 17.0 Å². The summed E-state index contributed by atoms with van der Waals surface area (Å²) in [7, 11) is 0. The molecule has 0 saturated carbocycles. The number of carbonyl (C=O) groups excluding carboxylic acids is 2. The Balaban J connectivity index is 1.31. The standard InChI is InChI=1S/C30H31BrN4O4/c1-30(2,3)39-29(37)35-17-15-34(16-18-35)19-21-7-6-10-25-26(21)33-28(38-25)23-8-4-5-9-24(23)32-27(36)20-11-13-22(31)14-12-20/h4-14H,15-19H2,1-3H3,(H,32,36). The maximum absolute atomic E-state index is 12.9. The van der Waals surface area contributed by atoms with E-state index in [9.17, 15) is 9.59 Å². The van der Waals surface area contributed by atoms with E-state index in [0.717, 1.165) is 28.6 Å². The van der Waals surface area contributed by atoms with Gasteiger partial charge in [0, 0.05) is 42.8 Å². The Hall–Kier alpha value is -3.69. The fraction of sp³-hybridized carbons (Fsp3) is 0.300. The molecule has 0 aliphatic carbocycles. The Morgan fingerprint density at radius 2 is 1.69 bits per heavy atom. The highest BCUT2D eigenvalue weighted by Crippen LogP contribution is 2.32. The number of piperazine rings is 1. The molecule has 1 aliphatic heterocycles. The van der Waals surface area contributed by atoms with Gasteiger partial charge in [-0.1, -0.05) is 40.2 Å². The van der Waals surface area contributed by atoms with Gasteiger partial charge in [-0.05, 0) is 68.8 Å². The van der Waals surface area contributed by atoms with Crippen molar-refractivity contribution in [3.63, 3.8) is 0 Å². The highest BCUT2D eigenvalue weighted by molar-refractivity contribution is 9.10. The van der Waals surface area contributed by atoms with Crippen molar-refractivity contribution in [1.29, 1.82) is 0 Å². The molecule has 0 atom stereocenters. The fourth-order valence-electron chi connectivity index (χ4n) is 4.48. The molecular weight excluding hydrogens is 560 g/mol. The molecule has 1 aliphatic rings. The van der Waals surface area contributed by atoms with Gasteiger partial charge in [-0.2, -0.15) is 0 Å². The van der Waals surface area contributed by atoms with E-state index < -0.39 is 5.60 Å². The number of hydrogen-bond acceptors (Lipinski definition) is 6. The highest BCUT2D eigenvalue weighted by Gasteiger charge is 2.26. The normalized spacial score (nSPS) is 14.4. The number of carbonyl (C=O) groups is 2. The van der Waals surface area contributed by atoms with Crippen LogP contribution in [0.15, 0.2) is 75.6 Å². The van der Waals surface area contributed by atoms with Crippen LogP contribution in [0.3, 0.4) is 0 Å². The maximum atomic E-state index is 12.9. The minimum absolute atomic E-state index is 0.211. The quantitative estimate of drug-likeness (QED) is 0.283. The van der Waals surface area contributed by atoms with Crippen molar-refractivity contribution >= 4 is 44.7 Å². The number of nitrogens with zero attached hydrogens (tertiary/aromatic N) is 3. The molecule has 2 amide bonds. The number of anilines is 1. The number of aromatic nitrogens is 1. The van der Waals surface area contributed by atoms with Gasteiger partial charge >= 0.3 is 6.09 Å². The van der Waals surface area contributed by atoms with Gasteiger partial charge < -0.3 is 19.4 Å². The minimum atomic E-state index is -0.505. The van der Waals surface area contributed by atoms with Crippen LogP contribution in [0, 0.1) is 0 Å². The molecule has 202 valence electrons. The van der Waals surface area contributed by atoms with Crippen molar-refractivity contribution in [2.75, 3.05) is 31.5 Å². The van der Waals surface area contributed by atoms with Gasteiger partial charge in [0.25, 0.3) is 5.91 Å². The summed E-state index contributed by atoms with van der Waals surface area (Å²) in [6, 6.07) is 20.6. The predicted octanol–water partition coefficient (Wildman–Crippen LogP) is 6.56. The highest BCUT2D eigenvalue weighted by atomic mass is 79.9. The van der Waals surface area contributed by atoms with Crippen LogP contribution in [-0.2, 0) is 11.3 Å². The lowest BCUT2D eigenvalue weighted by Crippen LogP contribution is -2.49. The predicted molar refractivity (Wildman–Crippen MR) is 155 cm³/mol. The molecule has 2 heterocycles. The third-order valence-electron chi connectivity index (χ3n) is 6.43. The van der Waals surface area contributed by atoms with Gasteiger partial charge in [-0.25, -0.2) is 9.78 Å². The SMILES string of the molecule is CC(C)(C)OC(=O)N1CCN(Cc2cccc3oc(-c4ccccc4NC(=O)c4ccc(Br)cc4)nc23)CC1. The molecule has 1 N–H and O–H groups in total.